The molecular weight excluding hydrogens is 356 g/mol. The molecule has 0 bridgehead atoms. The van der Waals surface area contributed by atoms with Gasteiger partial charge in [-0.3, -0.25) is 9.59 Å². The molecule has 3 aromatic rings. The van der Waals surface area contributed by atoms with Gasteiger partial charge in [-0.1, -0.05) is 30.3 Å². The lowest BCUT2D eigenvalue weighted by Crippen LogP contribution is -2.22. The molecule has 0 aromatic heterocycles. The molecule has 0 radical (unpaired) electrons. The van der Waals surface area contributed by atoms with Crippen molar-refractivity contribution in [2.75, 3.05) is 12.1 Å². The van der Waals surface area contributed by atoms with Crippen LogP contribution in [0.2, 0.25) is 0 Å². The van der Waals surface area contributed by atoms with Gasteiger partial charge in [0.05, 0.1) is 0 Å². The second-order valence-electron chi connectivity index (χ2n) is 6.27. The summed E-state index contributed by atoms with van der Waals surface area (Å²) < 4.78 is 10.6. The van der Waals surface area contributed by atoms with Crippen LogP contribution in [0.15, 0.2) is 72.8 Å². The minimum Gasteiger partial charge on any atom is -0.454 e. The van der Waals surface area contributed by atoms with Gasteiger partial charge in [0.1, 0.15) is 0 Å². The maximum absolute atomic E-state index is 12.4. The summed E-state index contributed by atoms with van der Waals surface area (Å²) in [5.41, 5.74) is 2.68. The quantitative estimate of drug-likeness (QED) is 0.715. The zero-order valence-corrected chi connectivity index (χ0v) is 15.0. The third-order valence-electron chi connectivity index (χ3n) is 4.34. The zero-order valence-electron chi connectivity index (χ0n) is 15.0. The monoisotopic (exact) mass is 374 g/mol. The highest BCUT2D eigenvalue weighted by atomic mass is 16.7. The summed E-state index contributed by atoms with van der Waals surface area (Å²) in [6.07, 6.45) is 0. The van der Waals surface area contributed by atoms with E-state index in [0.717, 1.165) is 5.56 Å². The van der Waals surface area contributed by atoms with Gasteiger partial charge in [-0.25, -0.2) is 0 Å². The van der Waals surface area contributed by atoms with E-state index in [1.165, 1.54) is 0 Å². The maximum atomic E-state index is 12.4. The Kier molecular flexibility index (Phi) is 4.93. The van der Waals surface area contributed by atoms with Gasteiger partial charge in [0.25, 0.3) is 11.8 Å². The van der Waals surface area contributed by atoms with Crippen molar-refractivity contribution < 1.29 is 19.1 Å². The third-order valence-corrected chi connectivity index (χ3v) is 4.34. The lowest BCUT2D eigenvalue weighted by atomic mass is 10.1. The number of benzene rings is 3. The number of hydrogen-bond donors (Lipinski definition) is 2. The number of nitrogens with one attached hydrogen (secondary N) is 2. The first-order chi connectivity index (χ1) is 13.7. The van der Waals surface area contributed by atoms with Crippen LogP contribution in [-0.4, -0.2) is 18.6 Å². The number of amides is 2. The Morgan fingerprint density at radius 1 is 0.786 bits per heavy atom. The van der Waals surface area contributed by atoms with E-state index in [-0.39, 0.29) is 18.6 Å². The van der Waals surface area contributed by atoms with Crippen LogP contribution in [0.1, 0.15) is 26.3 Å². The van der Waals surface area contributed by atoms with Crippen LogP contribution < -0.4 is 20.1 Å². The molecular formula is C22H18N2O4. The number of ether oxygens (including phenoxy) is 2. The first-order valence-electron chi connectivity index (χ1n) is 8.82. The van der Waals surface area contributed by atoms with Gasteiger partial charge in [-0.05, 0) is 42.0 Å². The highest BCUT2D eigenvalue weighted by Gasteiger charge is 2.14. The van der Waals surface area contributed by atoms with E-state index in [9.17, 15) is 9.59 Å². The number of carbonyl (C=O) groups is 2. The molecule has 1 aliphatic heterocycles. The van der Waals surface area contributed by atoms with E-state index >= 15 is 0 Å². The van der Waals surface area contributed by atoms with Crippen LogP contribution in [0.4, 0.5) is 5.69 Å². The highest BCUT2D eigenvalue weighted by molar-refractivity contribution is 6.04. The Hall–Kier alpha value is -3.80. The molecule has 2 N–H and O–H groups in total. The van der Waals surface area contributed by atoms with Crippen LogP contribution in [0.25, 0.3) is 0 Å². The van der Waals surface area contributed by atoms with Gasteiger partial charge in [-0.15, -0.1) is 0 Å². The lowest BCUT2D eigenvalue weighted by molar-refractivity contribution is 0.0949. The fourth-order valence-corrected chi connectivity index (χ4v) is 2.83. The summed E-state index contributed by atoms with van der Waals surface area (Å²) in [6, 6.07) is 21.4. The number of anilines is 1. The zero-order chi connectivity index (χ0) is 19.3. The Morgan fingerprint density at radius 2 is 1.50 bits per heavy atom. The van der Waals surface area contributed by atoms with Crippen LogP contribution >= 0.6 is 0 Å². The maximum Gasteiger partial charge on any atom is 0.255 e. The normalized spacial score (nSPS) is 11.7. The van der Waals surface area contributed by atoms with E-state index in [2.05, 4.69) is 10.6 Å². The van der Waals surface area contributed by atoms with Crippen molar-refractivity contribution >= 4 is 17.5 Å². The molecule has 3 aromatic carbocycles. The van der Waals surface area contributed by atoms with Gasteiger partial charge >= 0.3 is 0 Å². The summed E-state index contributed by atoms with van der Waals surface area (Å²) in [7, 11) is 0. The third kappa shape index (κ3) is 3.96. The van der Waals surface area contributed by atoms with Crippen molar-refractivity contribution in [3.8, 4) is 11.5 Å². The fraction of sp³-hybridized carbons (Fsp3) is 0.0909. The second kappa shape index (κ2) is 7.84. The van der Waals surface area contributed by atoms with Crippen LogP contribution in [0, 0.1) is 0 Å². The van der Waals surface area contributed by atoms with Gasteiger partial charge < -0.3 is 20.1 Å². The van der Waals surface area contributed by atoms with Gasteiger partial charge in [0, 0.05) is 29.4 Å². The largest absolute Gasteiger partial charge is 0.454 e. The van der Waals surface area contributed by atoms with Gasteiger partial charge in [0.15, 0.2) is 11.5 Å². The molecule has 1 aliphatic rings. The standard InChI is InChI=1S/C22H18N2O4/c25-21(16-4-2-1-3-5-16)23-13-15-6-8-17(9-7-15)22(26)24-18-10-11-19-20(12-18)28-14-27-19/h1-12H,13-14H2,(H,23,25)(H,24,26). The van der Waals surface area contributed by atoms with Crippen LogP contribution in [0.3, 0.4) is 0 Å². The van der Waals surface area contributed by atoms with Gasteiger partial charge in [0.2, 0.25) is 6.79 Å². The average molecular weight is 374 g/mol. The van der Waals surface area contributed by atoms with Crippen LogP contribution in [-0.2, 0) is 6.54 Å². The van der Waals surface area contributed by atoms with E-state index in [1.807, 2.05) is 30.3 Å². The lowest BCUT2D eigenvalue weighted by Gasteiger charge is -2.08. The van der Waals surface area contributed by atoms with Crippen molar-refractivity contribution in [1.29, 1.82) is 0 Å². The molecule has 0 atom stereocenters. The Labute approximate surface area is 162 Å². The van der Waals surface area contributed by atoms with E-state index in [1.54, 1.807) is 42.5 Å². The summed E-state index contributed by atoms with van der Waals surface area (Å²) in [6.45, 7) is 0.576. The smallest absolute Gasteiger partial charge is 0.255 e. The summed E-state index contributed by atoms with van der Waals surface area (Å²) >= 11 is 0. The molecule has 6 heteroatoms. The predicted octanol–water partition coefficient (Wildman–Crippen LogP) is 3.60. The van der Waals surface area contributed by atoms with Crippen molar-refractivity contribution in [3.05, 3.63) is 89.5 Å². The minimum atomic E-state index is -0.223. The van der Waals surface area contributed by atoms with E-state index < -0.39 is 0 Å². The molecule has 0 aliphatic carbocycles. The number of hydrogen-bond acceptors (Lipinski definition) is 4. The van der Waals surface area contributed by atoms with Crippen LogP contribution in [0.5, 0.6) is 11.5 Å². The molecule has 0 fully saturated rings. The highest BCUT2D eigenvalue weighted by Crippen LogP contribution is 2.34. The molecule has 0 saturated heterocycles. The fourth-order valence-electron chi connectivity index (χ4n) is 2.83. The first-order valence-corrected chi connectivity index (χ1v) is 8.82. The minimum absolute atomic E-state index is 0.134. The molecule has 6 nitrogen and oxygen atoms in total. The molecule has 140 valence electrons. The second-order valence-corrected chi connectivity index (χ2v) is 6.27. The van der Waals surface area contributed by atoms with E-state index in [4.69, 9.17) is 9.47 Å². The summed E-state index contributed by atoms with van der Waals surface area (Å²) in [5, 5.41) is 5.70. The molecule has 2 amide bonds. The van der Waals surface area contributed by atoms with Crippen molar-refractivity contribution in [2.24, 2.45) is 0 Å². The molecule has 1 heterocycles. The molecule has 0 saturated carbocycles. The number of fused-ring (bicyclic) bond motifs is 1. The Morgan fingerprint density at radius 3 is 2.29 bits per heavy atom. The summed E-state index contributed by atoms with van der Waals surface area (Å²) in [4.78, 5) is 24.5. The molecule has 0 unspecified atom stereocenters. The number of carbonyl (C=O) groups excluding carboxylic acids is 2. The predicted molar refractivity (Wildman–Crippen MR) is 105 cm³/mol. The Balaban J connectivity index is 1.35. The van der Waals surface area contributed by atoms with Crippen molar-refractivity contribution in [2.45, 2.75) is 6.54 Å². The molecule has 28 heavy (non-hydrogen) atoms. The first kappa shape index (κ1) is 17.6. The van der Waals surface area contributed by atoms with Crippen molar-refractivity contribution in [3.63, 3.8) is 0 Å². The Bertz CT molecular complexity index is 1000. The molecule has 0 spiro atoms. The van der Waals surface area contributed by atoms with Gasteiger partial charge in [-0.2, -0.15) is 0 Å². The molecule has 4 rings (SSSR count). The average Bonchev–Trinajstić information content (AvgIpc) is 3.21. The number of rotatable bonds is 5. The SMILES string of the molecule is O=C(NCc1ccc(C(=O)Nc2ccc3c(c2)OCO3)cc1)c1ccccc1. The topological polar surface area (TPSA) is 76.7 Å². The van der Waals surface area contributed by atoms with E-state index in [0.29, 0.717) is 34.9 Å². The summed E-state index contributed by atoms with van der Waals surface area (Å²) in [5.74, 6) is 0.922. The van der Waals surface area contributed by atoms with Crippen molar-refractivity contribution in [1.82, 2.24) is 5.32 Å².